The van der Waals surface area contributed by atoms with Crippen LogP contribution in [0, 0.1) is 11.7 Å². The minimum Gasteiger partial charge on any atom is -0.497 e. The van der Waals surface area contributed by atoms with Crippen LogP contribution in [0.1, 0.15) is 34.3 Å². The van der Waals surface area contributed by atoms with Gasteiger partial charge in [-0.05, 0) is 61.3 Å². The number of fused-ring (bicyclic) bond motifs is 7. The number of ether oxygens (including phenoxy) is 1. The second-order valence-corrected chi connectivity index (χ2v) is 10.2. The Balaban J connectivity index is 1.58. The summed E-state index contributed by atoms with van der Waals surface area (Å²) >= 11 is 0. The fourth-order valence-corrected chi connectivity index (χ4v) is 7.46. The maximum absolute atomic E-state index is 14.8. The van der Waals surface area contributed by atoms with Crippen molar-refractivity contribution in [1.82, 2.24) is 4.90 Å². The number of para-hydroxylation sites is 1. The molecule has 0 radical (unpaired) electrons. The molecule has 2 amide bonds. The number of nitrogens with one attached hydrogen (secondary N) is 2. The van der Waals surface area contributed by atoms with Crippen LogP contribution in [0.5, 0.6) is 5.75 Å². The molecule has 0 saturated carbocycles. The van der Waals surface area contributed by atoms with Crippen LogP contribution in [0.2, 0.25) is 0 Å². The maximum atomic E-state index is 14.8. The van der Waals surface area contributed by atoms with E-state index in [0.717, 1.165) is 6.42 Å². The lowest BCUT2D eigenvalue weighted by atomic mass is 9.60. The molecule has 8 heteroatoms. The van der Waals surface area contributed by atoms with Gasteiger partial charge in [0.25, 0.3) is 0 Å². The van der Waals surface area contributed by atoms with Gasteiger partial charge in [0.05, 0.1) is 13.0 Å². The van der Waals surface area contributed by atoms with Gasteiger partial charge in [-0.25, -0.2) is 4.39 Å². The molecule has 7 rings (SSSR count). The van der Waals surface area contributed by atoms with Gasteiger partial charge in [0.1, 0.15) is 22.5 Å². The van der Waals surface area contributed by atoms with Crippen molar-refractivity contribution in [3.8, 4) is 5.75 Å². The second-order valence-electron chi connectivity index (χ2n) is 10.2. The Morgan fingerprint density at radius 3 is 2.59 bits per heavy atom. The number of amides is 2. The van der Waals surface area contributed by atoms with Crippen molar-refractivity contribution in [3.63, 3.8) is 0 Å². The van der Waals surface area contributed by atoms with Gasteiger partial charge in [-0.3, -0.25) is 19.3 Å². The van der Waals surface area contributed by atoms with Crippen LogP contribution in [0.4, 0.5) is 15.8 Å². The van der Waals surface area contributed by atoms with Gasteiger partial charge < -0.3 is 15.4 Å². The van der Waals surface area contributed by atoms with Crippen LogP contribution in [0.15, 0.2) is 66.7 Å². The van der Waals surface area contributed by atoms with Crippen molar-refractivity contribution in [2.45, 2.75) is 29.8 Å². The van der Waals surface area contributed by atoms with E-state index >= 15 is 0 Å². The number of methoxy groups -OCH3 is 1. The second kappa shape index (κ2) is 7.49. The van der Waals surface area contributed by atoms with Crippen molar-refractivity contribution < 1.29 is 23.5 Å². The van der Waals surface area contributed by atoms with Crippen LogP contribution in [0.25, 0.3) is 0 Å². The molecule has 3 aromatic carbocycles. The van der Waals surface area contributed by atoms with Crippen molar-refractivity contribution in [2.75, 3.05) is 24.3 Å². The molecule has 0 aliphatic carbocycles. The Kier molecular flexibility index (Phi) is 4.49. The van der Waals surface area contributed by atoms with E-state index in [9.17, 15) is 18.8 Å². The molecule has 2 N–H and O–H groups in total. The molecule has 2 saturated heterocycles. The highest BCUT2D eigenvalue weighted by Crippen LogP contribution is 2.66. The minimum atomic E-state index is -1.55. The highest BCUT2D eigenvalue weighted by atomic mass is 19.1. The number of Topliss-reactive ketones (excluding diaryl/α,β-unsaturated/α-hetero) is 1. The summed E-state index contributed by atoms with van der Waals surface area (Å²) in [5.74, 6) is -2.21. The molecule has 2 spiro atoms. The molecule has 7 nitrogen and oxygen atoms in total. The summed E-state index contributed by atoms with van der Waals surface area (Å²) in [5, 5.41) is 5.93. The van der Waals surface area contributed by atoms with E-state index in [1.165, 1.54) is 25.3 Å². The lowest BCUT2D eigenvalue weighted by molar-refractivity contribution is -0.128. The Bertz CT molecular complexity index is 1520. The first-order chi connectivity index (χ1) is 17.9. The summed E-state index contributed by atoms with van der Waals surface area (Å²) in [7, 11) is 1.52. The van der Waals surface area contributed by atoms with Crippen molar-refractivity contribution in [2.24, 2.45) is 5.92 Å². The lowest BCUT2D eigenvalue weighted by Gasteiger charge is -2.38. The summed E-state index contributed by atoms with van der Waals surface area (Å²) in [5.41, 5.74) is -0.347. The number of benzene rings is 3. The molecule has 0 bridgehead atoms. The zero-order chi connectivity index (χ0) is 25.5. The van der Waals surface area contributed by atoms with Crippen LogP contribution in [0.3, 0.4) is 0 Å². The Morgan fingerprint density at radius 2 is 1.76 bits per heavy atom. The van der Waals surface area contributed by atoms with Gasteiger partial charge in [0.15, 0.2) is 5.78 Å². The Hall–Kier alpha value is -4.04. The van der Waals surface area contributed by atoms with Crippen molar-refractivity contribution in [1.29, 1.82) is 0 Å². The molecule has 4 aliphatic heterocycles. The number of ketones is 1. The molecular formula is C29H24FN3O4. The van der Waals surface area contributed by atoms with E-state index < -0.39 is 34.6 Å². The predicted molar refractivity (Wildman–Crippen MR) is 134 cm³/mol. The zero-order valence-corrected chi connectivity index (χ0v) is 20.1. The third-order valence-electron chi connectivity index (χ3n) is 8.70. The third-order valence-corrected chi connectivity index (χ3v) is 8.70. The minimum absolute atomic E-state index is 0.304. The van der Waals surface area contributed by atoms with Gasteiger partial charge in [-0.1, -0.05) is 30.3 Å². The third kappa shape index (κ3) is 2.56. The normalized spacial score (nSPS) is 29.2. The van der Waals surface area contributed by atoms with E-state index in [4.69, 9.17) is 4.74 Å². The van der Waals surface area contributed by atoms with Crippen LogP contribution in [-0.4, -0.2) is 42.2 Å². The number of hydrogen-bond acceptors (Lipinski definition) is 5. The molecule has 0 aromatic heterocycles. The summed E-state index contributed by atoms with van der Waals surface area (Å²) in [6.07, 6.45) is 1.38. The standard InChI is InChI=1S/C29H24FN3O4/c1-37-18-7-4-6-16(14-18)24(34)25-28(19-8-2-3-9-21(19)31-26(28)35)23-10-5-13-33(23)29(25)20-15-17(30)11-12-22(20)32-27(29)36/h2-4,6-9,11-12,14-15,23,25H,5,10,13H2,1H3,(H,31,35)(H,32,36)/t23-,25-,28+,29+/m1/s1. The van der Waals surface area contributed by atoms with Crippen LogP contribution < -0.4 is 15.4 Å². The molecule has 0 unspecified atom stereocenters. The predicted octanol–water partition coefficient (Wildman–Crippen LogP) is 3.85. The summed E-state index contributed by atoms with van der Waals surface area (Å²) in [6.45, 7) is 0.507. The molecule has 3 aromatic rings. The monoisotopic (exact) mass is 497 g/mol. The first-order valence-electron chi connectivity index (χ1n) is 12.4. The number of anilines is 2. The van der Waals surface area contributed by atoms with Gasteiger partial charge in [-0.15, -0.1) is 0 Å². The van der Waals surface area contributed by atoms with Crippen LogP contribution >= 0.6 is 0 Å². The molecule has 37 heavy (non-hydrogen) atoms. The average molecular weight is 498 g/mol. The number of nitrogens with zero attached hydrogens (tertiary/aromatic N) is 1. The van der Waals surface area contributed by atoms with E-state index in [1.807, 2.05) is 29.2 Å². The molecule has 4 aliphatic rings. The molecular weight excluding hydrogens is 473 g/mol. The number of rotatable bonds is 3. The molecule has 4 heterocycles. The number of carbonyl (C=O) groups is 3. The smallest absolute Gasteiger partial charge is 0.250 e. The quantitative estimate of drug-likeness (QED) is 0.537. The summed E-state index contributed by atoms with van der Waals surface area (Å²) in [6, 6.07) is 17.9. The van der Waals surface area contributed by atoms with Gasteiger partial charge in [0, 0.05) is 28.5 Å². The fraction of sp³-hybridized carbons (Fsp3) is 0.276. The largest absolute Gasteiger partial charge is 0.497 e. The lowest BCUT2D eigenvalue weighted by Crippen LogP contribution is -2.55. The Labute approximate surface area is 212 Å². The fourth-order valence-electron chi connectivity index (χ4n) is 7.46. The molecule has 2 fully saturated rings. The summed E-state index contributed by atoms with van der Waals surface area (Å²) < 4.78 is 20.1. The molecule has 4 atom stereocenters. The first kappa shape index (κ1) is 22.2. The number of hydrogen-bond donors (Lipinski definition) is 2. The highest BCUT2D eigenvalue weighted by Gasteiger charge is 2.78. The molecule has 186 valence electrons. The first-order valence-corrected chi connectivity index (χ1v) is 12.4. The number of carbonyl (C=O) groups excluding carboxylic acids is 3. The summed E-state index contributed by atoms with van der Waals surface area (Å²) in [4.78, 5) is 45.1. The van der Waals surface area contributed by atoms with E-state index in [1.54, 1.807) is 24.3 Å². The average Bonchev–Trinajstić information content (AvgIpc) is 3.63. The highest BCUT2D eigenvalue weighted by molar-refractivity contribution is 6.18. The van der Waals surface area contributed by atoms with Gasteiger partial charge in [0.2, 0.25) is 11.8 Å². The van der Waals surface area contributed by atoms with Crippen molar-refractivity contribution in [3.05, 3.63) is 89.2 Å². The van der Waals surface area contributed by atoms with Gasteiger partial charge >= 0.3 is 0 Å². The van der Waals surface area contributed by atoms with Crippen molar-refractivity contribution >= 4 is 29.0 Å². The van der Waals surface area contributed by atoms with E-state index in [0.29, 0.717) is 46.8 Å². The van der Waals surface area contributed by atoms with E-state index in [-0.39, 0.29) is 11.7 Å². The maximum Gasteiger partial charge on any atom is 0.250 e. The zero-order valence-electron chi connectivity index (χ0n) is 20.1. The van der Waals surface area contributed by atoms with Gasteiger partial charge in [-0.2, -0.15) is 0 Å². The van der Waals surface area contributed by atoms with Crippen LogP contribution in [-0.2, 0) is 20.5 Å². The number of halogens is 1. The SMILES string of the molecule is COc1cccc(C(=O)[C@@H]2[C@@]3(C(=O)Nc4ccccc43)[C@H]3CCCN3[C@]23C(=O)Nc2ccc(F)cc23)c1. The topological polar surface area (TPSA) is 87.7 Å². The van der Waals surface area contributed by atoms with E-state index in [2.05, 4.69) is 10.6 Å². The Morgan fingerprint density at radius 1 is 0.973 bits per heavy atom.